The van der Waals surface area contributed by atoms with Gasteiger partial charge in [0, 0.05) is 60.2 Å². The highest BCUT2D eigenvalue weighted by atomic mass is 19.4. The Morgan fingerprint density at radius 2 is 1.94 bits per heavy atom. The Hall–Kier alpha value is -3.92. The number of aromatic nitrogens is 4. The number of anilines is 1. The number of H-pyrrole nitrogens is 1. The first-order valence-electron chi connectivity index (χ1n) is 11.5. The van der Waals surface area contributed by atoms with Crippen LogP contribution in [0, 0.1) is 6.92 Å². The summed E-state index contributed by atoms with van der Waals surface area (Å²) in [5.74, 6) is 0.654. The van der Waals surface area contributed by atoms with E-state index >= 15 is 0 Å². The molecule has 3 aromatic heterocycles. The lowest BCUT2D eigenvalue weighted by atomic mass is 9.90. The quantitative estimate of drug-likeness (QED) is 0.354. The average Bonchev–Trinajstić information content (AvgIpc) is 3.41. The second kappa shape index (κ2) is 9.27. The summed E-state index contributed by atoms with van der Waals surface area (Å²) in [5.41, 5.74) is 3.11. The van der Waals surface area contributed by atoms with E-state index in [1.807, 2.05) is 37.1 Å². The Morgan fingerprint density at radius 1 is 1.14 bits per heavy atom. The molecule has 0 spiro atoms. The average molecular weight is 494 g/mol. The highest BCUT2D eigenvalue weighted by molar-refractivity contribution is 5.93. The van der Waals surface area contributed by atoms with Crippen LogP contribution in [0.1, 0.15) is 22.7 Å². The normalized spacial score (nSPS) is 18.5. The molecule has 186 valence electrons. The number of nitrogens with zero attached hydrogens (tertiary/aromatic N) is 4. The minimum absolute atomic E-state index is 0.254. The Morgan fingerprint density at radius 3 is 2.72 bits per heavy atom. The van der Waals surface area contributed by atoms with E-state index in [4.69, 9.17) is 0 Å². The first kappa shape index (κ1) is 23.8. The monoisotopic (exact) mass is 493 g/mol. The van der Waals surface area contributed by atoms with Crippen molar-refractivity contribution in [2.24, 2.45) is 0 Å². The van der Waals surface area contributed by atoms with Crippen LogP contribution in [0.4, 0.5) is 19.0 Å². The first-order chi connectivity index (χ1) is 17.2. The van der Waals surface area contributed by atoms with Gasteiger partial charge in [-0.15, -0.1) is 0 Å². The molecular formula is C26H26F3N7. The molecule has 1 aliphatic heterocycles. The van der Waals surface area contributed by atoms with Crippen molar-refractivity contribution in [3.05, 3.63) is 84.1 Å². The first-order valence-corrected chi connectivity index (χ1v) is 11.5. The van der Waals surface area contributed by atoms with Crippen LogP contribution >= 0.6 is 0 Å². The molecule has 1 fully saturated rings. The number of hydrogen-bond donors (Lipinski definition) is 3. The van der Waals surface area contributed by atoms with E-state index < -0.39 is 11.7 Å². The highest BCUT2D eigenvalue weighted by Gasteiger charge is 2.40. The number of likely N-dealkylation sites (N-methyl/N-ethyl adjacent to an activating group) is 1. The third-order valence-electron chi connectivity index (χ3n) is 6.42. The molecule has 0 saturated carbocycles. The lowest BCUT2D eigenvalue weighted by Crippen LogP contribution is -2.37. The Balaban J connectivity index is 1.33. The molecule has 1 unspecified atom stereocenters. The topological polar surface area (TPSA) is 81.8 Å². The van der Waals surface area contributed by atoms with Crippen molar-refractivity contribution in [2.45, 2.75) is 25.1 Å². The zero-order valence-electron chi connectivity index (χ0n) is 19.9. The zero-order chi connectivity index (χ0) is 25.4. The second-order valence-electron chi connectivity index (χ2n) is 9.14. The molecule has 36 heavy (non-hydrogen) atoms. The maximum absolute atomic E-state index is 13.7. The fourth-order valence-electron chi connectivity index (χ4n) is 4.85. The molecule has 0 amide bonds. The number of hydrogen-bond acceptors (Lipinski definition) is 6. The number of benzene rings is 1. The van der Waals surface area contributed by atoms with Gasteiger partial charge < -0.3 is 15.5 Å². The molecule has 10 heteroatoms. The maximum atomic E-state index is 13.7. The van der Waals surface area contributed by atoms with Crippen LogP contribution in [0.25, 0.3) is 22.2 Å². The summed E-state index contributed by atoms with van der Waals surface area (Å²) in [6, 6.07) is 11.2. The van der Waals surface area contributed by atoms with Crippen LogP contribution in [0.3, 0.4) is 0 Å². The molecule has 0 bridgehead atoms. The summed E-state index contributed by atoms with van der Waals surface area (Å²) in [7, 11) is 1.90. The summed E-state index contributed by atoms with van der Waals surface area (Å²) in [4.78, 5) is 10.7. The van der Waals surface area contributed by atoms with E-state index in [2.05, 4.69) is 37.4 Å². The van der Waals surface area contributed by atoms with E-state index in [9.17, 15) is 13.2 Å². The van der Waals surface area contributed by atoms with Crippen molar-refractivity contribution < 1.29 is 13.2 Å². The smallest absolute Gasteiger partial charge is 0.367 e. The van der Waals surface area contributed by atoms with Crippen molar-refractivity contribution in [1.82, 2.24) is 30.4 Å². The molecule has 2 atom stereocenters. The van der Waals surface area contributed by atoms with Crippen LogP contribution in [0.15, 0.2) is 67.3 Å². The van der Waals surface area contributed by atoms with Crippen molar-refractivity contribution >= 4 is 16.7 Å². The van der Waals surface area contributed by atoms with Gasteiger partial charge in [-0.25, -0.2) is 4.98 Å². The summed E-state index contributed by atoms with van der Waals surface area (Å²) in [5, 5.41) is 14.8. The van der Waals surface area contributed by atoms with Gasteiger partial charge in [0.2, 0.25) is 0 Å². The van der Waals surface area contributed by atoms with E-state index in [0.29, 0.717) is 24.7 Å². The number of halogens is 3. The molecule has 1 saturated heterocycles. The number of alkyl halides is 3. The predicted molar refractivity (Wildman–Crippen MR) is 133 cm³/mol. The number of nitrogens with one attached hydrogen (secondary N) is 3. The Labute approximate surface area is 206 Å². The van der Waals surface area contributed by atoms with Gasteiger partial charge in [-0.3, -0.25) is 10.1 Å². The number of pyridine rings is 2. The number of rotatable bonds is 6. The molecule has 1 aliphatic rings. The van der Waals surface area contributed by atoms with Gasteiger partial charge in [0.05, 0.1) is 16.9 Å². The van der Waals surface area contributed by atoms with Gasteiger partial charge >= 0.3 is 6.18 Å². The second-order valence-corrected chi connectivity index (χ2v) is 9.14. The van der Waals surface area contributed by atoms with Crippen molar-refractivity contribution in [1.29, 1.82) is 0 Å². The van der Waals surface area contributed by atoms with E-state index in [-0.39, 0.29) is 17.5 Å². The molecule has 7 nitrogen and oxygen atoms in total. The third-order valence-corrected chi connectivity index (χ3v) is 6.42. The lowest BCUT2D eigenvalue weighted by Gasteiger charge is -2.25. The van der Waals surface area contributed by atoms with Crippen LogP contribution in [-0.4, -0.2) is 51.2 Å². The number of fused-ring (bicyclic) bond motifs is 1. The standard InChI is InChI=1S/C26H26F3N7/c1-15-10-17(8-9-30-15)25-19-12-31-24(11-22(19)34-35-25)33-16(2)32-23-14-36(3)13-20(23)18-6-4-5-7-21(18)26(27,28)29/h4-12,20,23,32H,2,13-14H2,1,3H3,(H,31,33)(H,34,35)/t20?,23-/m0/s1. The molecule has 3 N–H and O–H groups in total. The maximum Gasteiger partial charge on any atom is 0.416 e. The van der Waals surface area contributed by atoms with Gasteiger partial charge in [-0.05, 0) is 37.7 Å². The third kappa shape index (κ3) is 4.76. The number of likely N-dealkylation sites (tertiary alicyclic amines) is 1. The molecule has 5 rings (SSSR count). The number of aromatic amines is 1. The lowest BCUT2D eigenvalue weighted by molar-refractivity contribution is -0.138. The minimum Gasteiger partial charge on any atom is -0.367 e. The summed E-state index contributed by atoms with van der Waals surface area (Å²) >= 11 is 0. The van der Waals surface area contributed by atoms with Crippen molar-refractivity contribution in [3.8, 4) is 11.3 Å². The largest absolute Gasteiger partial charge is 0.416 e. The van der Waals surface area contributed by atoms with Gasteiger partial charge in [-0.1, -0.05) is 24.8 Å². The molecular weight excluding hydrogens is 467 g/mol. The van der Waals surface area contributed by atoms with Crippen LogP contribution in [-0.2, 0) is 6.18 Å². The predicted octanol–water partition coefficient (Wildman–Crippen LogP) is 4.92. The molecule has 0 radical (unpaired) electrons. The van der Waals surface area contributed by atoms with E-state index in [1.54, 1.807) is 24.5 Å². The zero-order valence-corrected chi connectivity index (χ0v) is 19.9. The molecule has 1 aromatic carbocycles. The van der Waals surface area contributed by atoms with E-state index in [1.165, 1.54) is 6.07 Å². The highest BCUT2D eigenvalue weighted by Crippen LogP contribution is 2.38. The fourth-order valence-corrected chi connectivity index (χ4v) is 4.85. The van der Waals surface area contributed by atoms with Gasteiger partial charge in [0.15, 0.2) is 0 Å². The van der Waals surface area contributed by atoms with Gasteiger partial charge in [-0.2, -0.15) is 18.3 Å². The van der Waals surface area contributed by atoms with Crippen LogP contribution in [0.2, 0.25) is 0 Å². The summed E-state index contributed by atoms with van der Waals surface area (Å²) < 4.78 is 41.0. The summed E-state index contributed by atoms with van der Waals surface area (Å²) in [6.45, 7) is 7.06. The van der Waals surface area contributed by atoms with Crippen molar-refractivity contribution in [2.75, 3.05) is 25.5 Å². The fraction of sp³-hybridized carbons (Fsp3) is 0.269. The molecule has 0 aliphatic carbocycles. The molecule has 4 heterocycles. The Bertz CT molecular complexity index is 1410. The minimum atomic E-state index is -4.41. The SMILES string of the molecule is C=C(Nc1cc2[nH]nc(-c3ccnc(C)c3)c2cn1)N[C@H]1CN(C)CC1c1ccccc1C(F)(F)F. The van der Waals surface area contributed by atoms with E-state index in [0.717, 1.165) is 33.9 Å². The van der Waals surface area contributed by atoms with Crippen LogP contribution < -0.4 is 10.6 Å². The Kier molecular flexibility index (Phi) is 6.13. The van der Waals surface area contributed by atoms with Gasteiger partial charge in [0.1, 0.15) is 11.5 Å². The van der Waals surface area contributed by atoms with Crippen molar-refractivity contribution in [3.63, 3.8) is 0 Å². The summed E-state index contributed by atoms with van der Waals surface area (Å²) in [6.07, 6.45) is -0.939. The van der Waals surface area contributed by atoms with Gasteiger partial charge in [0.25, 0.3) is 0 Å². The molecule has 4 aromatic rings. The number of aryl methyl sites for hydroxylation is 1. The van der Waals surface area contributed by atoms with Crippen LogP contribution in [0.5, 0.6) is 0 Å².